The van der Waals surface area contributed by atoms with Gasteiger partial charge in [-0.2, -0.15) is 0 Å². The van der Waals surface area contributed by atoms with Crippen molar-refractivity contribution in [2.75, 3.05) is 0 Å². The van der Waals surface area contributed by atoms with Crippen LogP contribution in [-0.4, -0.2) is 16.1 Å². The first-order chi connectivity index (χ1) is 8.15. The molecule has 0 fully saturated rings. The first-order valence-corrected chi connectivity index (χ1v) is 5.49. The molecule has 90 valence electrons. The molecule has 0 amide bonds. The highest BCUT2D eigenvalue weighted by Crippen LogP contribution is 2.14. The molecule has 0 spiro atoms. The maximum Gasteiger partial charge on any atom is 0.417 e. The zero-order valence-electron chi connectivity index (χ0n) is 9.23. The van der Waals surface area contributed by atoms with Crippen LogP contribution in [-0.2, 0) is 11.2 Å². The van der Waals surface area contributed by atoms with Gasteiger partial charge in [-0.05, 0) is 37.0 Å². The number of benzene rings is 1. The average Bonchev–Trinajstić information content (AvgIpc) is 2.63. The van der Waals surface area contributed by atoms with Gasteiger partial charge < -0.3 is 9.52 Å². The topological polar surface area (TPSA) is 83.3 Å². The average molecular weight is 235 g/mol. The number of aromatic nitrogens is 1. The highest BCUT2D eigenvalue weighted by atomic mass is 16.4. The van der Waals surface area contributed by atoms with Crippen molar-refractivity contribution in [2.45, 2.75) is 25.7 Å². The third kappa shape index (κ3) is 2.96. The number of fused-ring (bicyclic) bond motifs is 1. The van der Waals surface area contributed by atoms with E-state index < -0.39 is 11.7 Å². The number of rotatable bonds is 5. The lowest BCUT2D eigenvalue weighted by atomic mass is 10.1. The Bertz CT molecular complexity index is 581. The number of hydrogen-bond donors (Lipinski definition) is 2. The van der Waals surface area contributed by atoms with E-state index in [1.165, 1.54) is 0 Å². The van der Waals surface area contributed by atoms with Gasteiger partial charge in [0, 0.05) is 6.42 Å². The largest absolute Gasteiger partial charge is 0.481 e. The molecule has 5 nitrogen and oxygen atoms in total. The van der Waals surface area contributed by atoms with Crippen LogP contribution >= 0.6 is 0 Å². The lowest BCUT2D eigenvalue weighted by Crippen LogP contribution is -1.94. The van der Waals surface area contributed by atoms with E-state index in [2.05, 4.69) is 4.98 Å². The van der Waals surface area contributed by atoms with Crippen molar-refractivity contribution in [3.05, 3.63) is 34.3 Å². The molecular formula is C12H13NO4. The summed E-state index contributed by atoms with van der Waals surface area (Å²) in [6.45, 7) is 0. The monoisotopic (exact) mass is 235 g/mol. The number of carboxylic acids is 1. The Labute approximate surface area is 97.1 Å². The van der Waals surface area contributed by atoms with E-state index in [1.54, 1.807) is 6.07 Å². The van der Waals surface area contributed by atoms with Gasteiger partial charge in [-0.1, -0.05) is 6.07 Å². The smallest absolute Gasteiger partial charge is 0.417 e. The standard InChI is InChI=1S/C12H13NO4/c14-11(15)4-2-1-3-8-5-6-9-10(7-8)17-12(16)13-9/h5-7H,1-4H2,(H,13,16)(H,14,15). The molecule has 0 bridgehead atoms. The molecule has 17 heavy (non-hydrogen) atoms. The van der Waals surface area contributed by atoms with Crippen LogP contribution in [0.3, 0.4) is 0 Å². The zero-order chi connectivity index (χ0) is 12.3. The van der Waals surface area contributed by atoms with Gasteiger partial charge in [-0.3, -0.25) is 9.78 Å². The van der Waals surface area contributed by atoms with Crippen LogP contribution in [0.15, 0.2) is 27.4 Å². The van der Waals surface area contributed by atoms with Gasteiger partial charge in [0.05, 0.1) is 5.52 Å². The number of oxazole rings is 1. The van der Waals surface area contributed by atoms with Gasteiger partial charge in [0.25, 0.3) is 0 Å². The lowest BCUT2D eigenvalue weighted by molar-refractivity contribution is -0.137. The molecule has 0 atom stereocenters. The van der Waals surface area contributed by atoms with Crippen LogP contribution in [0.4, 0.5) is 0 Å². The summed E-state index contributed by atoms with van der Waals surface area (Å²) in [5, 5.41) is 8.50. The summed E-state index contributed by atoms with van der Waals surface area (Å²) in [5.74, 6) is -1.22. The molecule has 1 heterocycles. The molecule has 5 heteroatoms. The number of aromatic amines is 1. The van der Waals surface area contributed by atoms with Crippen molar-refractivity contribution in [2.24, 2.45) is 0 Å². The lowest BCUT2D eigenvalue weighted by Gasteiger charge is -1.99. The number of nitrogens with one attached hydrogen (secondary N) is 1. The molecule has 0 aliphatic carbocycles. The van der Waals surface area contributed by atoms with Crippen molar-refractivity contribution < 1.29 is 14.3 Å². The molecule has 2 aromatic rings. The molecule has 1 aromatic carbocycles. The van der Waals surface area contributed by atoms with Crippen LogP contribution in [0.5, 0.6) is 0 Å². The van der Waals surface area contributed by atoms with E-state index in [-0.39, 0.29) is 6.42 Å². The van der Waals surface area contributed by atoms with Gasteiger partial charge in [0.2, 0.25) is 0 Å². The Kier molecular flexibility index (Phi) is 3.27. The number of unbranched alkanes of at least 4 members (excludes halogenated alkanes) is 1. The Morgan fingerprint density at radius 3 is 2.94 bits per heavy atom. The number of H-pyrrole nitrogens is 1. The van der Waals surface area contributed by atoms with E-state index in [4.69, 9.17) is 9.52 Å². The van der Waals surface area contributed by atoms with Crippen molar-refractivity contribution >= 4 is 17.1 Å². The second kappa shape index (κ2) is 4.86. The zero-order valence-corrected chi connectivity index (χ0v) is 9.23. The molecular weight excluding hydrogens is 222 g/mol. The summed E-state index contributed by atoms with van der Waals surface area (Å²) in [4.78, 5) is 23.9. The number of carbonyl (C=O) groups is 1. The fraction of sp³-hybridized carbons (Fsp3) is 0.333. The highest BCUT2D eigenvalue weighted by molar-refractivity contribution is 5.72. The first kappa shape index (κ1) is 11.4. The predicted molar refractivity (Wildman–Crippen MR) is 62.0 cm³/mol. The van der Waals surface area contributed by atoms with E-state index in [0.29, 0.717) is 17.5 Å². The quantitative estimate of drug-likeness (QED) is 0.775. The van der Waals surface area contributed by atoms with E-state index in [9.17, 15) is 9.59 Å². The fourth-order valence-electron chi connectivity index (χ4n) is 1.75. The van der Waals surface area contributed by atoms with Gasteiger partial charge in [0.15, 0.2) is 5.58 Å². The van der Waals surface area contributed by atoms with Gasteiger partial charge in [-0.15, -0.1) is 0 Å². The van der Waals surface area contributed by atoms with E-state index >= 15 is 0 Å². The van der Waals surface area contributed by atoms with Crippen molar-refractivity contribution in [1.29, 1.82) is 0 Å². The Balaban J connectivity index is 1.99. The van der Waals surface area contributed by atoms with E-state index in [1.807, 2.05) is 12.1 Å². The summed E-state index contributed by atoms with van der Waals surface area (Å²) in [6, 6.07) is 5.52. The minimum absolute atomic E-state index is 0.196. The molecule has 0 aliphatic heterocycles. The Hall–Kier alpha value is -2.04. The normalized spacial score (nSPS) is 10.8. The first-order valence-electron chi connectivity index (χ1n) is 5.49. The summed E-state index contributed by atoms with van der Waals surface area (Å²) in [5.41, 5.74) is 2.28. The molecule has 0 unspecified atom stereocenters. The third-order valence-corrected chi connectivity index (χ3v) is 2.59. The van der Waals surface area contributed by atoms with Crippen LogP contribution in [0.2, 0.25) is 0 Å². The summed E-state index contributed by atoms with van der Waals surface area (Å²) >= 11 is 0. The summed E-state index contributed by atoms with van der Waals surface area (Å²) in [6.07, 6.45) is 2.45. The molecule has 0 radical (unpaired) electrons. The molecule has 0 saturated heterocycles. The minimum atomic E-state index is -0.767. The van der Waals surface area contributed by atoms with Crippen molar-refractivity contribution in [1.82, 2.24) is 4.98 Å². The number of aliphatic carboxylic acids is 1. The third-order valence-electron chi connectivity index (χ3n) is 2.59. The summed E-state index contributed by atoms with van der Waals surface area (Å²) < 4.78 is 4.95. The second-order valence-electron chi connectivity index (χ2n) is 3.95. The van der Waals surface area contributed by atoms with Gasteiger partial charge in [-0.25, -0.2) is 4.79 Å². The Morgan fingerprint density at radius 1 is 1.35 bits per heavy atom. The minimum Gasteiger partial charge on any atom is -0.481 e. The van der Waals surface area contributed by atoms with Gasteiger partial charge in [0.1, 0.15) is 0 Å². The predicted octanol–water partition coefficient (Wildman–Crippen LogP) is 1.92. The summed E-state index contributed by atoms with van der Waals surface area (Å²) in [7, 11) is 0. The fourth-order valence-corrected chi connectivity index (χ4v) is 1.75. The number of hydrogen-bond acceptors (Lipinski definition) is 3. The van der Waals surface area contributed by atoms with Crippen LogP contribution in [0.1, 0.15) is 24.8 Å². The maximum atomic E-state index is 10.9. The SMILES string of the molecule is O=C(O)CCCCc1ccc2[nH]c(=O)oc2c1. The van der Waals surface area contributed by atoms with Crippen LogP contribution in [0, 0.1) is 0 Å². The molecule has 2 N–H and O–H groups in total. The van der Waals surface area contributed by atoms with Crippen LogP contribution < -0.4 is 5.76 Å². The molecule has 0 aliphatic rings. The van der Waals surface area contributed by atoms with Crippen molar-refractivity contribution in [3.8, 4) is 0 Å². The molecule has 1 aromatic heterocycles. The number of aryl methyl sites for hydroxylation is 1. The Morgan fingerprint density at radius 2 is 2.18 bits per heavy atom. The highest BCUT2D eigenvalue weighted by Gasteiger charge is 2.02. The maximum absolute atomic E-state index is 10.9. The molecule has 2 rings (SSSR count). The van der Waals surface area contributed by atoms with Crippen molar-refractivity contribution in [3.63, 3.8) is 0 Å². The molecule has 0 saturated carbocycles. The second-order valence-corrected chi connectivity index (χ2v) is 3.95. The number of carboxylic acid groups (broad SMARTS) is 1. The van der Waals surface area contributed by atoms with Crippen LogP contribution in [0.25, 0.3) is 11.1 Å². The van der Waals surface area contributed by atoms with Gasteiger partial charge >= 0.3 is 11.7 Å². The van der Waals surface area contributed by atoms with E-state index in [0.717, 1.165) is 18.4 Å².